The molecule has 3 rings (SSSR count). The van der Waals surface area contributed by atoms with E-state index in [9.17, 15) is 14.4 Å². The fourth-order valence-corrected chi connectivity index (χ4v) is 3.67. The number of nitrogens with one attached hydrogen (secondary N) is 2. The Morgan fingerprint density at radius 3 is 2.48 bits per heavy atom. The average Bonchev–Trinajstić information content (AvgIpc) is 2.81. The molecule has 8 heteroatoms. The van der Waals surface area contributed by atoms with Crippen LogP contribution in [-0.2, 0) is 9.53 Å². The van der Waals surface area contributed by atoms with Crippen molar-refractivity contribution in [3.05, 3.63) is 0 Å². The fourth-order valence-electron chi connectivity index (χ4n) is 3.67. The van der Waals surface area contributed by atoms with Crippen LogP contribution in [0.3, 0.4) is 0 Å². The molecule has 3 aliphatic heterocycles. The summed E-state index contributed by atoms with van der Waals surface area (Å²) in [5.41, 5.74) is -0.503. The second-order valence-corrected chi connectivity index (χ2v) is 8.14. The van der Waals surface area contributed by atoms with Crippen LogP contribution in [0.25, 0.3) is 0 Å². The Balaban J connectivity index is 1.47. The molecule has 0 saturated carbocycles. The van der Waals surface area contributed by atoms with E-state index in [-0.39, 0.29) is 36.2 Å². The normalized spacial score (nSPS) is 27.1. The topological polar surface area (TPSA) is 91.0 Å². The number of fused-ring (bicyclic) bond motifs is 2. The lowest BCUT2D eigenvalue weighted by Crippen LogP contribution is -2.54. The van der Waals surface area contributed by atoms with E-state index in [1.807, 2.05) is 20.8 Å². The first-order valence-corrected chi connectivity index (χ1v) is 9.08. The van der Waals surface area contributed by atoms with Gasteiger partial charge in [0.25, 0.3) is 0 Å². The highest BCUT2D eigenvalue weighted by Crippen LogP contribution is 2.23. The first kappa shape index (κ1) is 17.8. The zero-order valence-corrected chi connectivity index (χ0v) is 15.2. The van der Waals surface area contributed by atoms with Crippen LogP contribution in [-0.4, -0.2) is 71.2 Å². The molecule has 2 atom stereocenters. The van der Waals surface area contributed by atoms with Gasteiger partial charge in [-0.25, -0.2) is 9.59 Å². The number of hydrogen-bond acceptors (Lipinski definition) is 4. The van der Waals surface area contributed by atoms with Crippen LogP contribution >= 0.6 is 0 Å². The van der Waals surface area contributed by atoms with Gasteiger partial charge in [0, 0.05) is 31.7 Å². The monoisotopic (exact) mass is 352 g/mol. The van der Waals surface area contributed by atoms with Crippen molar-refractivity contribution < 1.29 is 19.1 Å². The molecule has 0 aromatic heterocycles. The molecule has 4 amide bonds. The number of rotatable bonds is 2. The van der Waals surface area contributed by atoms with Gasteiger partial charge in [-0.15, -0.1) is 0 Å². The van der Waals surface area contributed by atoms with Crippen LogP contribution in [0, 0.1) is 0 Å². The molecule has 3 aliphatic rings. The molecule has 8 nitrogen and oxygen atoms in total. The van der Waals surface area contributed by atoms with Gasteiger partial charge in [-0.1, -0.05) is 0 Å². The highest BCUT2D eigenvalue weighted by molar-refractivity contribution is 5.89. The molecule has 3 saturated heterocycles. The second-order valence-electron chi connectivity index (χ2n) is 8.14. The molecule has 0 aliphatic carbocycles. The van der Waals surface area contributed by atoms with Crippen LogP contribution in [0.4, 0.5) is 9.59 Å². The van der Waals surface area contributed by atoms with Gasteiger partial charge >= 0.3 is 12.1 Å². The first-order chi connectivity index (χ1) is 11.7. The summed E-state index contributed by atoms with van der Waals surface area (Å²) in [5.74, 6) is -0.0776. The van der Waals surface area contributed by atoms with Gasteiger partial charge in [-0.3, -0.25) is 4.79 Å². The van der Waals surface area contributed by atoms with Crippen LogP contribution in [0.2, 0.25) is 0 Å². The van der Waals surface area contributed by atoms with E-state index in [1.54, 1.807) is 9.80 Å². The van der Waals surface area contributed by atoms with Crippen LogP contribution < -0.4 is 10.6 Å². The number of likely N-dealkylation sites (tertiary alicyclic amines) is 1. The minimum Gasteiger partial charge on any atom is -0.444 e. The zero-order chi connectivity index (χ0) is 18.2. The lowest BCUT2D eigenvalue weighted by molar-refractivity contribution is -0.127. The van der Waals surface area contributed by atoms with Crippen molar-refractivity contribution in [1.82, 2.24) is 20.4 Å². The molecule has 3 fully saturated rings. The average molecular weight is 352 g/mol. The summed E-state index contributed by atoms with van der Waals surface area (Å²) in [6, 6.07) is -0.284. The maximum Gasteiger partial charge on any atom is 0.410 e. The van der Waals surface area contributed by atoms with E-state index in [1.165, 1.54) is 0 Å². The lowest BCUT2D eigenvalue weighted by atomic mass is 9.99. The summed E-state index contributed by atoms with van der Waals surface area (Å²) in [5, 5.41) is 5.95. The highest BCUT2D eigenvalue weighted by atomic mass is 16.6. The number of hydrogen-bond donors (Lipinski definition) is 2. The van der Waals surface area contributed by atoms with Gasteiger partial charge in [0.2, 0.25) is 5.91 Å². The Morgan fingerprint density at radius 2 is 1.84 bits per heavy atom. The summed E-state index contributed by atoms with van der Waals surface area (Å²) in [7, 11) is 0. The summed E-state index contributed by atoms with van der Waals surface area (Å²) < 4.78 is 5.38. The van der Waals surface area contributed by atoms with Crippen molar-refractivity contribution in [2.75, 3.05) is 19.6 Å². The lowest BCUT2D eigenvalue weighted by Gasteiger charge is -2.35. The summed E-state index contributed by atoms with van der Waals surface area (Å²) in [6.07, 6.45) is 2.65. The van der Waals surface area contributed by atoms with Crippen LogP contribution in [0.5, 0.6) is 0 Å². The van der Waals surface area contributed by atoms with Crippen molar-refractivity contribution in [2.45, 2.75) is 70.2 Å². The smallest absolute Gasteiger partial charge is 0.410 e. The minimum atomic E-state index is -0.503. The number of piperidine rings is 2. The van der Waals surface area contributed by atoms with Crippen molar-refractivity contribution >= 4 is 18.0 Å². The van der Waals surface area contributed by atoms with Gasteiger partial charge < -0.3 is 25.2 Å². The van der Waals surface area contributed by atoms with Crippen molar-refractivity contribution in [3.8, 4) is 0 Å². The van der Waals surface area contributed by atoms with Gasteiger partial charge in [-0.05, 0) is 46.5 Å². The molecular weight excluding hydrogens is 324 g/mol. The van der Waals surface area contributed by atoms with E-state index in [2.05, 4.69) is 10.6 Å². The Morgan fingerprint density at radius 1 is 1.16 bits per heavy atom. The number of carbonyl (C=O) groups is 3. The van der Waals surface area contributed by atoms with Crippen molar-refractivity contribution in [1.29, 1.82) is 0 Å². The molecule has 2 bridgehead atoms. The van der Waals surface area contributed by atoms with E-state index < -0.39 is 5.60 Å². The quantitative estimate of drug-likeness (QED) is 0.777. The predicted molar refractivity (Wildman–Crippen MR) is 91.0 cm³/mol. The summed E-state index contributed by atoms with van der Waals surface area (Å²) in [4.78, 5) is 39.8. The number of nitrogens with zero attached hydrogens (tertiary/aromatic N) is 2. The van der Waals surface area contributed by atoms with Gasteiger partial charge in [-0.2, -0.15) is 0 Å². The first-order valence-electron chi connectivity index (χ1n) is 9.08. The van der Waals surface area contributed by atoms with Crippen LogP contribution in [0.15, 0.2) is 0 Å². The number of amides is 4. The van der Waals surface area contributed by atoms with E-state index in [4.69, 9.17) is 4.74 Å². The maximum absolute atomic E-state index is 12.6. The molecule has 1 unspecified atom stereocenters. The molecule has 3 heterocycles. The van der Waals surface area contributed by atoms with Gasteiger partial charge in [0.1, 0.15) is 11.6 Å². The van der Waals surface area contributed by atoms with Crippen molar-refractivity contribution in [2.24, 2.45) is 0 Å². The third kappa shape index (κ3) is 4.16. The fraction of sp³-hybridized carbons (Fsp3) is 0.824. The third-order valence-corrected chi connectivity index (χ3v) is 4.97. The zero-order valence-electron chi connectivity index (χ0n) is 15.2. The molecular formula is C17H28N4O4. The minimum absolute atomic E-state index is 0.0366. The van der Waals surface area contributed by atoms with Gasteiger partial charge in [0.05, 0.1) is 0 Å². The van der Waals surface area contributed by atoms with Gasteiger partial charge in [0.15, 0.2) is 0 Å². The largest absolute Gasteiger partial charge is 0.444 e. The SMILES string of the molecule is CC(C)(C)OC(=O)N1CCC(NC(=O)[C@@H]2CCC3CN2C(=O)N3)CC1. The standard InChI is InChI=1S/C17H28N4O4/c1-17(2,3)25-16(24)20-8-6-11(7-9-20)18-14(22)13-5-4-12-10-21(13)15(23)19-12/h11-13H,4-10H2,1-3H3,(H,18,22)(H,19,23)/t12?,13-/m0/s1. The molecule has 0 aromatic rings. The third-order valence-electron chi connectivity index (χ3n) is 4.97. The number of carbonyl (C=O) groups excluding carboxylic acids is 3. The van der Waals surface area contributed by atoms with E-state index >= 15 is 0 Å². The maximum atomic E-state index is 12.6. The van der Waals surface area contributed by atoms with Crippen LogP contribution in [0.1, 0.15) is 46.5 Å². The number of ether oxygens (including phenoxy) is 1. The Hall–Kier alpha value is -1.99. The number of urea groups is 1. The molecule has 2 N–H and O–H groups in total. The second kappa shape index (κ2) is 6.72. The van der Waals surface area contributed by atoms with Crippen molar-refractivity contribution in [3.63, 3.8) is 0 Å². The Bertz CT molecular complexity index is 551. The Kier molecular flexibility index (Phi) is 4.79. The molecule has 0 aromatic carbocycles. The molecule has 25 heavy (non-hydrogen) atoms. The van der Waals surface area contributed by atoms with E-state index in [0.29, 0.717) is 38.9 Å². The predicted octanol–water partition coefficient (Wildman–Crippen LogP) is 1.06. The summed E-state index contributed by atoms with van der Waals surface area (Å²) in [6.45, 7) is 7.30. The summed E-state index contributed by atoms with van der Waals surface area (Å²) >= 11 is 0. The van der Waals surface area contributed by atoms with E-state index in [0.717, 1.165) is 6.42 Å². The molecule has 0 radical (unpaired) electrons. The molecule has 0 spiro atoms. The molecule has 140 valence electrons. The Labute approximate surface area is 148 Å². The highest BCUT2D eigenvalue weighted by Gasteiger charge is 2.42.